The number of rotatable bonds is 5. The molecule has 4 aromatic rings. The Labute approximate surface area is 189 Å². The van der Waals surface area contributed by atoms with Gasteiger partial charge in [-0.15, -0.1) is 17.0 Å². The summed E-state index contributed by atoms with van der Waals surface area (Å²) in [6.45, 7) is 5.35. The van der Waals surface area contributed by atoms with E-state index in [0.717, 1.165) is 27.6 Å². The maximum absolute atomic E-state index is 12.8. The maximum atomic E-state index is 12.8. The molecule has 5 heteroatoms. The zero-order valence-electron chi connectivity index (χ0n) is 16.4. The van der Waals surface area contributed by atoms with Crippen molar-refractivity contribution in [2.24, 2.45) is 0 Å². The van der Waals surface area contributed by atoms with Gasteiger partial charge in [0, 0.05) is 10.0 Å². The number of imidazole rings is 1. The van der Waals surface area contributed by atoms with Crippen molar-refractivity contribution in [3.63, 3.8) is 0 Å². The molecule has 0 spiro atoms. The molecule has 0 aliphatic heterocycles. The average molecular weight is 515 g/mol. The first-order chi connectivity index (χ1) is 13.5. The highest BCUT2D eigenvalue weighted by Gasteiger charge is 2.20. The predicted octanol–water partition coefficient (Wildman–Crippen LogP) is 5.82. The van der Waals surface area contributed by atoms with Crippen molar-refractivity contribution >= 4 is 49.7 Å². The van der Waals surface area contributed by atoms with E-state index in [0.29, 0.717) is 6.54 Å². The minimum absolute atomic E-state index is 0. The highest BCUT2D eigenvalue weighted by Crippen LogP contribution is 2.19. The molecule has 29 heavy (non-hydrogen) atoms. The molecule has 148 valence electrons. The second-order valence-corrected chi connectivity index (χ2v) is 8.13. The van der Waals surface area contributed by atoms with E-state index >= 15 is 0 Å². The molecule has 4 rings (SSSR count). The Kier molecular flexibility index (Phi) is 6.70. The summed E-state index contributed by atoms with van der Waals surface area (Å²) in [5.41, 5.74) is 6.69. The van der Waals surface area contributed by atoms with Crippen LogP contribution in [0.5, 0.6) is 0 Å². The van der Waals surface area contributed by atoms with E-state index in [1.165, 1.54) is 16.7 Å². The predicted molar refractivity (Wildman–Crippen MR) is 126 cm³/mol. The third kappa shape index (κ3) is 4.68. The second kappa shape index (κ2) is 9.06. The van der Waals surface area contributed by atoms with E-state index in [9.17, 15) is 4.79 Å². The summed E-state index contributed by atoms with van der Waals surface area (Å²) in [5.74, 6) is 0.106. The van der Waals surface area contributed by atoms with Crippen molar-refractivity contribution in [1.29, 1.82) is 0 Å². The van der Waals surface area contributed by atoms with Crippen molar-refractivity contribution < 1.29 is 9.36 Å². The van der Waals surface area contributed by atoms with E-state index in [4.69, 9.17) is 0 Å². The molecule has 0 saturated carbocycles. The summed E-state index contributed by atoms with van der Waals surface area (Å²) in [7, 11) is 0. The van der Waals surface area contributed by atoms with Gasteiger partial charge in [-0.05, 0) is 54.8 Å². The van der Waals surface area contributed by atoms with Gasteiger partial charge in [0.1, 0.15) is 6.54 Å². The van der Waals surface area contributed by atoms with Gasteiger partial charge in [0.25, 0.3) is 0 Å². The number of ketones is 1. The zero-order valence-corrected chi connectivity index (χ0v) is 19.7. The topological polar surface area (TPSA) is 25.9 Å². The Hall–Kier alpha value is -2.24. The van der Waals surface area contributed by atoms with Gasteiger partial charge in [-0.3, -0.25) is 4.79 Å². The van der Waals surface area contributed by atoms with Crippen LogP contribution < -0.4 is 4.57 Å². The molecule has 0 aliphatic carbocycles. The quantitative estimate of drug-likeness (QED) is 0.243. The number of fused-ring (bicyclic) bond motifs is 1. The van der Waals surface area contributed by atoms with Gasteiger partial charge in [0.05, 0.1) is 0 Å². The molecule has 0 fully saturated rings. The molecule has 0 bridgehead atoms. The number of nitrogens with zero attached hydrogens (tertiary/aromatic N) is 2. The maximum Gasteiger partial charge on any atom is 0.245 e. The molecule has 1 aromatic heterocycles. The van der Waals surface area contributed by atoms with Crippen LogP contribution in [0.15, 0.2) is 77.5 Å². The van der Waals surface area contributed by atoms with Crippen LogP contribution in [-0.2, 0) is 13.1 Å². The number of benzene rings is 3. The lowest BCUT2D eigenvalue weighted by atomic mass is 10.1. The van der Waals surface area contributed by atoms with Gasteiger partial charge >= 0.3 is 0 Å². The largest absolute Gasteiger partial charge is 0.290 e. The van der Waals surface area contributed by atoms with Gasteiger partial charge in [-0.1, -0.05) is 58.4 Å². The number of aromatic nitrogens is 2. The molecule has 0 aliphatic rings. The van der Waals surface area contributed by atoms with Crippen molar-refractivity contribution in [3.05, 3.63) is 99.8 Å². The van der Waals surface area contributed by atoms with Crippen LogP contribution in [0.25, 0.3) is 11.0 Å². The third-order valence-electron chi connectivity index (χ3n) is 5.16. The van der Waals surface area contributed by atoms with Crippen LogP contribution in [0.1, 0.15) is 27.0 Å². The molecule has 3 aromatic carbocycles. The summed E-state index contributed by atoms with van der Waals surface area (Å²) in [4.78, 5) is 12.8. The van der Waals surface area contributed by atoms with Crippen molar-refractivity contribution in [3.8, 4) is 0 Å². The summed E-state index contributed by atoms with van der Waals surface area (Å²) < 4.78 is 5.27. The average Bonchev–Trinajstić information content (AvgIpc) is 2.99. The van der Waals surface area contributed by atoms with Crippen LogP contribution in [0.3, 0.4) is 0 Å². The minimum atomic E-state index is 0. The zero-order chi connectivity index (χ0) is 19.7. The Morgan fingerprint density at radius 2 is 1.62 bits per heavy atom. The Bertz CT molecular complexity index is 1150. The molecule has 0 amide bonds. The number of hydrogen-bond acceptors (Lipinski definition) is 1. The SMILES string of the molecule is Br.Cc1cc2c(cc1C)[n+](Cc1ccccc1)cn2CC(=O)c1ccc(Br)cc1. The lowest BCUT2D eigenvalue weighted by Crippen LogP contribution is -2.33. The fourth-order valence-corrected chi connectivity index (χ4v) is 3.72. The Balaban J connectivity index is 0.00000240. The van der Waals surface area contributed by atoms with Gasteiger partial charge in [0.2, 0.25) is 12.1 Å². The van der Waals surface area contributed by atoms with Gasteiger partial charge in [0.15, 0.2) is 17.6 Å². The summed E-state index contributed by atoms with van der Waals surface area (Å²) in [6, 6.07) is 22.3. The lowest BCUT2D eigenvalue weighted by Gasteiger charge is -2.02. The van der Waals surface area contributed by atoms with Crippen molar-refractivity contribution in [1.82, 2.24) is 4.57 Å². The number of aryl methyl sites for hydroxylation is 2. The van der Waals surface area contributed by atoms with Gasteiger partial charge in [-0.2, -0.15) is 0 Å². The Morgan fingerprint density at radius 3 is 2.31 bits per heavy atom. The fourth-order valence-electron chi connectivity index (χ4n) is 3.45. The monoisotopic (exact) mass is 513 g/mol. The van der Waals surface area contributed by atoms with E-state index in [1.54, 1.807) is 0 Å². The van der Waals surface area contributed by atoms with E-state index in [1.807, 2.05) is 30.3 Å². The highest BCUT2D eigenvalue weighted by atomic mass is 79.9. The summed E-state index contributed by atoms with van der Waals surface area (Å²) >= 11 is 3.42. The van der Waals surface area contributed by atoms with E-state index in [2.05, 4.69) is 81.6 Å². The third-order valence-corrected chi connectivity index (χ3v) is 5.69. The van der Waals surface area contributed by atoms with Crippen LogP contribution in [0, 0.1) is 13.8 Å². The molecule has 0 unspecified atom stereocenters. The molecule has 1 heterocycles. The lowest BCUT2D eigenvalue weighted by molar-refractivity contribution is -0.663. The number of hydrogen-bond donors (Lipinski definition) is 0. The number of halogens is 2. The smallest absolute Gasteiger partial charge is 0.245 e. The number of carbonyl (C=O) groups is 1. The molecular weight excluding hydrogens is 492 g/mol. The summed E-state index contributed by atoms with van der Waals surface area (Å²) in [5, 5.41) is 0. The number of Topliss-reactive ketones (excluding diaryl/α,β-unsaturated/α-hetero) is 1. The van der Waals surface area contributed by atoms with Gasteiger partial charge < -0.3 is 0 Å². The molecular formula is C24H23Br2N2O+. The Morgan fingerprint density at radius 1 is 0.966 bits per heavy atom. The molecule has 0 radical (unpaired) electrons. The van der Waals surface area contributed by atoms with Gasteiger partial charge in [-0.25, -0.2) is 9.13 Å². The van der Waals surface area contributed by atoms with Crippen LogP contribution in [0.2, 0.25) is 0 Å². The fraction of sp³-hybridized carbons (Fsp3) is 0.167. The minimum Gasteiger partial charge on any atom is -0.290 e. The van der Waals surface area contributed by atoms with Crippen molar-refractivity contribution in [2.75, 3.05) is 0 Å². The first-order valence-electron chi connectivity index (χ1n) is 9.33. The van der Waals surface area contributed by atoms with E-state index in [-0.39, 0.29) is 22.8 Å². The van der Waals surface area contributed by atoms with E-state index < -0.39 is 0 Å². The second-order valence-electron chi connectivity index (χ2n) is 7.21. The first kappa shape index (κ1) is 21.5. The molecule has 0 N–H and O–H groups in total. The number of carbonyl (C=O) groups excluding carboxylic acids is 1. The molecule has 3 nitrogen and oxygen atoms in total. The summed E-state index contributed by atoms with van der Waals surface area (Å²) in [6.07, 6.45) is 2.06. The van der Waals surface area contributed by atoms with Crippen molar-refractivity contribution in [2.45, 2.75) is 26.9 Å². The van der Waals surface area contributed by atoms with Crippen LogP contribution in [0.4, 0.5) is 0 Å². The van der Waals surface area contributed by atoms with Crippen LogP contribution >= 0.6 is 32.9 Å². The highest BCUT2D eigenvalue weighted by molar-refractivity contribution is 9.10. The molecule has 0 atom stereocenters. The first-order valence-corrected chi connectivity index (χ1v) is 10.1. The van der Waals surface area contributed by atoms with Crippen LogP contribution in [-0.4, -0.2) is 10.4 Å². The molecule has 0 saturated heterocycles. The standard InChI is InChI=1S/C24H22BrN2O.BrH/c1-17-12-22-23(13-18(17)2)27(15-24(28)20-8-10-21(25)11-9-20)16-26(22)14-19-6-4-3-5-7-19;/h3-13,16H,14-15H2,1-2H3;1H/q+1;. The normalized spacial score (nSPS) is 10.7.